The van der Waals surface area contributed by atoms with E-state index in [1.165, 1.54) is 0 Å². The third kappa shape index (κ3) is 9.45. The second-order valence-electron chi connectivity index (χ2n) is 6.86. The lowest BCUT2D eigenvalue weighted by Gasteiger charge is -2.20. The van der Waals surface area contributed by atoms with Gasteiger partial charge in [0.2, 0.25) is 0 Å². The summed E-state index contributed by atoms with van der Waals surface area (Å²) in [6.45, 7) is 7.74. The zero-order valence-electron chi connectivity index (χ0n) is 15.5. The molecule has 0 spiro atoms. The molecule has 6 nitrogen and oxygen atoms in total. The molecule has 2 unspecified atom stereocenters. The van der Waals surface area contributed by atoms with Crippen LogP contribution >= 0.6 is 0 Å². The Morgan fingerprint density at radius 3 is 2.72 bits per heavy atom. The lowest BCUT2D eigenvalue weighted by molar-refractivity contribution is 0.0518. The molecule has 3 N–H and O–H groups in total. The zero-order valence-corrected chi connectivity index (χ0v) is 16.3. The van der Waals surface area contributed by atoms with Crippen LogP contribution in [0.1, 0.15) is 58.6 Å². The van der Waals surface area contributed by atoms with Crippen molar-refractivity contribution in [3.63, 3.8) is 0 Å². The SMILES string of the molecule is CCCCS(=O)Nc1cccc(C(O)CCNC(=O)OC(C)(C)C)c1. The summed E-state index contributed by atoms with van der Waals surface area (Å²) in [6.07, 6.45) is 1.04. The van der Waals surface area contributed by atoms with E-state index in [4.69, 9.17) is 4.74 Å². The summed E-state index contributed by atoms with van der Waals surface area (Å²) in [5, 5.41) is 12.9. The Morgan fingerprint density at radius 1 is 1.36 bits per heavy atom. The number of carbonyl (C=O) groups excluding carboxylic acids is 1. The van der Waals surface area contributed by atoms with E-state index in [9.17, 15) is 14.1 Å². The molecule has 0 bridgehead atoms. The number of hydrogen-bond acceptors (Lipinski definition) is 4. The minimum absolute atomic E-state index is 0.302. The molecular formula is C18H30N2O4S. The van der Waals surface area contributed by atoms with Crippen LogP contribution in [0.2, 0.25) is 0 Å². The number of benzene rings is 1. The van der Waals surface area contributed by atoms with Crippen LogP contribution in [0.3, 0.4) is 0 Å². The van der Waals surface area contributed by atoms with Crippen LogP contribution in [0, 0.1) is 0 Å². The first-order valence-corrected chi connectivity index (χ1v) is 9.93. The molecule has 7 heteroatoms. The van der Waals surface area contributed by atoms with Crippen molar-refractivity contribution in [3.05, 3.63) is 29.8 Å². The van der Waals surface area contributed by atoms with Gasteiger partial charge < -0.3 is 19.9 Å². The van der Waals surface area contributed by atoms with Gasteiger partial charge in [0.05, 0.1) is 6.10 Å². The van der Waals surface area contributed by atoms with Gasteiger partial charge in [-0.2, -0.15) is 0 Å². The minimum atomic E-state index is -1.12. The summed E-state index contributed by atoms with van der Waals surface area (Å²) in [6, 6.07) is 7.21. The van der Waals surface area contributed by atoms with Gasteiger partial charge in [-0.3, -0.25) is 0 Å². The van der Waals surface area contributed by atoms with E-state index in [-0.39, 0.29) is 0 Å². The van der Waals surface area contributed by atoms with Gasteiger partial charge in [0.1, 0.15) is 16.6 Å². The van der Waals surface area contributed by atoms with Crippen LogP contribution in [0.25, 0.3) is 0 Å². The number of unbranched alkanes of at least 4 members (excludes halogenated alkanes) is 1. The maximum absolute atomic E-state index is 11.9. The standard InChI is InChI=1S/C18H30N2O4S/c1-5-6-12-25(23)20-15-9-7-8-14(13-15)16(21)10-11-19-17(22)24-18(2,3)4/h7-9,13,16,20-21H,5-6,10-12H2,1-4H3,(H,19,22). The molecular weight excluding hydrogens is 340 g/mol. The molecule has 0 saturated carbocycles. The number of ether oxygens (including phenoxy) is 1. The van der Waals surface area contributed by atoms with E-state index in [1.54, 1.807) is 39.0 Å². The van der Waals surface area contributed by atoms with Crippen LogP contribution in [0.5, 0.6) is 0 Å². The summed E-state index contributed by atoms with van der Waals surface area (Å²) in [4.78, 5) is 11.6. The third-order valence-electron chi connectivity index (χ3n) is 3.27. The monoisotopic (exact) mass is 370 g/mol. The average Bonchev–Trinajstić information content (AvgIpc) is 2.51. The molecule has 0 aromatic heterocycles. The Balaban J connectivity index is 2.47. The fourth-order valence-electron chi connectivity index (χ4n) is 2.06. The maximum atomic E-state index is 11.9. The summed E-state index contributed by atoms with van der Waals surface area (Å²) >= 11 is 0. The minimum Gasteiger partial charge on any atom is -0.444 e. The highest BCUT2D eigenvalue weighted by Crippen LogP contribution is 2.20. The molecule has 0 radical (unpaired) electrons. The smallest absolute Gasteiger partial charge is 0.407 e. The van der Waals surface area contributed by atoms with Crippen molar-refractivity contribution in [2.45, 2.75) is 58.7 Å². The number of aliphatic hydroxyl groups is 1. The van der Waals surface area contributed by atoms with E-state index in [2.05, 4.69) is 17.0 Å². The summed E-state index contributed by atoms with van der Waals surface area (Å²) in [5.41, 5.74) is 0.880. The van der Waals surface area contributed by atoms with Gasteiger partial charge in [0, 0.05) is 18.0 Å². The first kappa shape index (κ1) is 21.4. The molecule has 2 atom stereocenters. The van der Waals surface area contributed by atoms with Gasteiger partial charge in [-0.1, -0.05) is 25.5 Å². The van der Waals surface area contributed by atoms with Gasteiger partial charge in [0.15, 0.2) is 0 Å². The molecule has 0 saturated heterocycles. The Bertz CT molecular complexity index is 572. The number of nitrogens with one attached hydrogen (secondary N) is 2. The normalized spacial score (nSPS) is 13.8. The van der Waals surface area contributed by atoms with Crippen molar-refractivity contribution in [3.8, 4) is 0 Å². The molecule has 1 aromatic rings. The fraction of sp³-hybridized carbons (Fsp3) is 0.611. The number of hydrogen-bond donors (Lipinski definition) is 3. The average molecular weight is 371 g/mol. The highest BCUT2D eigenvalue weighted by molar-refractivity contribution is 7.86. The van der Waals surface area contributed by atoms with Crippen molar-refractivity contribution in [2.75, 3.05) is 17.0 Å². The van der Waals surface area contributed by atoms with Crippen LogP contribution < -0.4 is 10.0 Å². The lowest BCUT2D eigenvalue weighted by atomic mass is 10.1. The first-order valence-electron chi connectivity index (χ1n) is 8.61. The molecule has 0 fully saturated rings. The molecule has 1 rings (SSSR count). The van der Waals surface area contributed by atoms with Crippen molar-refractivity contribution in [1.82, 2.24) is 5.32 Å². The number of carbonyl (C=O) groups is 1. The Morgan fingerprint density at radius 2 is 2.08 bits per heavy atom. The number of aliphatic hydroxyl groups excluding tert-OH is 1. The summed E-state index contributed by atoms with van der Waals surface area (Å²) in [7, 11) is -1.12. The highest BCUT2D eigenvalue weighted by Gasteiger charge is 2.16. The highest BCUT2D eigenvalue weighted by atomic mass is 32.2. The van der Waals surface area contributed by atoms with Crippen LogP contribution in [0.4, 0.5) is 10.5 Å². The summed E-state index contributed by atoms with van der Waals surface area (Å²) in [5.74, 6) is 0.600. The van der Waals surface area contributed by atoms with E-state index >= 15 is 0 Å². The van der Waals surface area contributed by atoms with E-state index in [0.29, 0.717) is 30.0 Å². The van der Waals surface area contributed by atoms with Crippen LogP contribution in [0.15, 0.2) is 24.3 Å². The van der Waals surface area contributed by atoms with Crippen molar-refractivity contribution in [2.24, 2.45) is 0 Å². The Kier molecular flexibility index (Phi) is 8.92. The zero-order chi connectivity index (χ0) is 18.9. The molecule has 1 amide bonds. The molecule has 25 heavy (non-hydrogen) atoms. The molecule has 0 heterocycles. The summed E-state index contributed by atoms with van der Waals surface area (Å²) < 4.78 is 20.0. The predicted molar refractivity (Wildman–Crippen MR) is 102 cm³/mol. The van der Waals surface area contributed by atoms with Crippen molar-refractivity contribution < 1.29 is 18.8 Å². The third-order valence-corrected chi connectivity index (χ3v) is 4.40. The second kappa shape index (κ2) is 10.4. The van der Waals surface area contributed by atoms with Crippen LogP contribution in [-0.4, -0.2) is 33.3 Å². The number of rotatable bonds is 9. The lowest BCUT2D eigenvalue weighted by Crippen LogP contribution is -2.33. The molecule has 0 aliphatic rings. The van der Waals surface area contributed by atoms with E-state index in [1.807, 2.05) is 6.07 Å². The molecule has 142 valence electrons. The fourth-order valence-corrected chi connectivity index (χ4v) is 3.10. The van der Waals surface area contributed by atoms with Gasteiger partial charge in [0.25, 0.3) is 0 Å². The number of anilines is 1. The number of amides is 1. The van der Waals surface area contributed by atoms with Gasteiger partial charge in [-0.25, -0.2) is 9.00 Å². The van der Waals surface area contributed by atoms with Crippen LogP contribution in [-0.2, 0) is 15.7 Å². The first-order chi connectivity index (χ1) is 11.7. The van der Waals surface area contributed by atoms with Crippen molar-refractivity contribution in [1.29, 1.82) is 0 Å². The maximum Gasteiger partial charge on any atom is 0.407 e. The van der Waals surface area contributed by atoms with Crippen molar-refractivity contribution >= 4 is 22.8 Å². The molecule has 0 aliphatic heterocycles. The Hall–Kier alpha value is -1.60. The van der Waals surface area contributed by atoms with Gasteiger partial charge >= 0.3 is 6.09 Å². The molecule has 0 aliphatic carbocycles. The predicted octanol–water partition coefficient (Wildman–Crippen LogP) is 3.51. The quantitative estimate of drug-likeness (QED) is 0.621. The Labute approximate surface area is 152 Å². The largest absolute Gasteiger partial charge is 0.444 e. The topological polar surface area (TPSA) is 87.7 Å². The second-order valence-corrected chi connectivity index (χ2v) is 8.17. The van der Waals surface area contributed by atoms with Gasteiger partial charge in [-0.15, -0.1) is 0 Å². The molecule has 1 aromatic carbocycles. The van der Waals surface area contributed by atoms with Gasteiger partial charge in [-0.05, 0) is 51.3 Å². The van der Waals surface area contributed by atoms with E-state index < -0.39 is 28.8 Å². The van der Waals surface area contributed by atoms with E-state index in [0.717, 1.165) is 12.8 Å². The number of alkyl carbamates (subject to hydrolysis) is 1.